The Bertz CT molecular complexity index is 333. The molecule has 0 aromatic carbocycles. The molecule has 0 fully saturated rings. The summed E-state index contributed by atoms with van der Waals surface area (Å²) in [6.45, 7) is 2.01. The van der Waals surface area contributed by atoms with Crippen LogP contribution in [0.15, 0.2) is 20.9 Å². The van der Waals surface area contributed by atoms with Gasteiger partial charge in [-0.25, -0.2) is 0 Å². The van der Waals surface area contributed by atoms with Gasteiger partial charge in [0.25, 0.3) is 0 Å². The molecule has 1 aliphatic rings. The fourth-order valence-electron chi connectivity index (χ4n) is 1.50. The molecule has 1 aliphatic heterocycles. The zero-order valence-corrected chi connectivity index (χ0v) is 10.3. The number of rotatable bonds is 3. The van der Waals surface area contributed by atoms with Crippen molar-refractivity contribution in [3.05, 3.63) is 20.8 Å². The monoisotopic (exact) mass is 272 g/mol. The Morgan fingerprint density at radius 2 is 2.43 bits per heavy atom. The smallest absolute Gasteiger partial charge is 0.0963 e. The van der Waals surface area contributed by atoms with Gasteiger partial charge in [0.1, 0.15) is 0 Å². The molecule has 0 saturated heterocycles. The molecular weight excluding hydrogens is 260 g/mol. The van der Waals surface area contributed by atoms with Crippen molar-refractivity contribution in [2.24, 2.45) is 4.99 Å². The van der Waals surface area contributed by atoms with Gasteiger partial charge in [0.05, 0.1) is 9.62 Å². The molecule has 2 rings (SSSR count). The first-order valence-electron chi connectivity index (χ1n) is 4.86. The molecule has 1 N–H and O–H groups in total. The van der Waals surface area contributed by atoms with Crippen LogP contribution in [0.1, 0.15) is 17.7 Å². The van der Waals surface area contributed by atoms with Crippen molar-refractivity contribution < 1.29 is 0 Å². The first kappa shape index (κ1) is 10.2. The first-order chi connectivity index (χ1) is 6.84. The van der Waals surface area contributed by atoms with Gasteiger partial charge in [-0.1, -0.05) is 0 Å². The van der Waals surface area contributed by atoms with E-state index in [9.17, 15) is 0 Å². The van der Waals surface area contributed by atoms with Gasteiger partial charge in [0.2, 0.25) is 0 Å². The summed E-state index contributed by atoms with van der Waals surface area (Å²) in [7, 11) is 0. The van der Waals surface area contributed by atoms with E-state index in [0.29, 0.717) is 0 Å². The molecule has 0 saturated carbocycles. The predicted molar refractivity (Wildman–Crippen MR) is 65.3 cm³/mol. The molecule has 2 nitrogen and oxygen atoms in total. The molecular formula is C10H13BrN2S. The highest BCUT2D eigenvalue weighted by Gasteiger charge is 2.04. The third-order valence-corrected chi connectivity index (χ3v) is 3.89. The fourth-order valence-corrected chi connectivity index (χ4v) is 2.98. The Labute approximate surface area is 96.6 Å². The van der Waals surface area contributed by atoms with E-state index in [0.717, 1.165) is 25.9 Å². The summed E-state index contributed by atoms with van der Waals surface area (Å²) in [5, 5.41) is 3.38. The minimum Gasteiger partial charge on any atom is -0.373 e. The zero-order chi connectivity index (χ0) is 9.80. The summed E-state index contributed by atoms with van der Waals surface area (Å²) >= 11 is 5.27. The maximum Gasteiger partial charge on any atom is 0.0963 e. The van der Waals surface area contributed by atoms with Gasteiger partial charge in [0.15, 0.2) is 0 Å². The summed E-state index contributed by atoms with van der Waals surface area (Å²) in [4.78, 5) is 5.79. The molecule has 0 spiro atoms. The molecule has 14 heavy (non-hydrogen) atoms. The Kier molecular flexibility index (Phi) is 3.59. The van der Waals surface area contributed by atoms with E-state index in [-0.39, 0.29) is 0 Å². The summed E-state index contributed by atoms with van der Waals surface area (Å²) in [5.74, 6) is 1.20. The maximum absolute atomic E-state index is 4.37. The van der Waals surface area contributed by atoms with E-state index < -0.39 is 0 Å². The van der Waals surface area contributed by atoms with E-state index in [1.54, 1.807) is 0 Å². The normalized spacial score (nSPS) is 15.6. The van der Waals surface area contributed by atoms with E-state index in [1.165, 1.54) is 20.9 Å². The average Bonchev–Trinajstić information content (AvgIpc) is 2.77. The van der Waals surface area contributed by atoms with Crippen LogP contribution < -0.4 is 5.32 Å². The summed E-state index contributed by atoms with van der Waals surface area (Å²) in [6, 6.07) is 4.28. The van der Waals surface area contributed by atoms with Gasteiger partial charge in [0, 0.05) is 24.4 Å². The van der Waals surface area contributed by atoms with Crippen molar-refractivity contribution in [1.29, 1.82) is 0 Å². The number of hydrogen-bond acceptors (Lipinski definition) is 3. The van der Waals surface area contributed by atoms with E-state index in [1.807, 2.05) is 11.3 Å². The second-order valence-corrected chi connectivity index (χ2v) is 5.86. The lowest BCUT2D eigenvalue weighted by Crippen LogP contribution is -2.23. The molecule has 1 aromatic heterocycles. The molecule has 0 unspecified atom stereocenters. The minimum atomic E-state index is 1.01. The predicted octanol–water partition coefficient (Wildman–Crippen LogP) is 2.84. The molecule has 0 aliphatic carbocycles. The van der Waals surface area contributed by atoms with Crippen molar-refractivity contribution in [3.63, 3.8) is 0 Å². The number of nitrogens with zero attached hydrogens (tertiary/aromatic N) is 1. The van der Waals surface area contributed by atoms with Crippen LogP contribution in [0.3, 0.4) is 0 Å². The Morgan fingerprint density at radius 1 is 1.50 bits per heavy atom. The third kappa shape index (κ3) is 2.82. The highest BCUT2D eigenvalue weighted by Crippen LogP contribution is 2.22. The molecule has 0 atom stereocenters. The number of hydrogen-bond donors (Lipinski definition) is 1. The van der Waals surface area contributed by atoms with Gasteiger partial charge < -0.3 is 5.32 Å². The van der Waals surface area contributed by atoms with Crippen LogP contribution in [-0.4, -0.2) is 18.9 Å². The van der Waals surface area contributed by atoms with Crippen LogP contribution in [-0.2, 0) is 6.42 Å². The highest BCUT2D eigenvalue weighted by molar-refractivity contribution is 9.11. The van der Waals surface area contributed by atoms with Gasteiger partial charge in [-0.15, -0.1) is 11.3 Å². The van der Waals surface area contributed by atoms with Gasteiger partial charge in [-0.3, -0.25) is 4.99 Å². The second-order valence-electron chi connectivity index (χ2n) is 3.31. The fraction of sp³-hybridized carbons (Fsp3) is 0.500. The Hall–Kier alpha value is -0.350. The van der Waals surface area contributed by atoms with Crippen LogP contribution >= 0.6 is 27.3 Å². The van der Waals surface area contributed by atoms with Crippen LogP contribution in [0.25, 0.3) is 0 Å². The Balaban J connectivity index is 1.72. The van der Waals surface area contributed by atoms with Crippen LogP contribution in [0, 0.1) is 0 Å². The molecule has 0 bridgehead atoms. The lowest BCUT2D eigenvalue weighted by atomic mass is 10.3. The number of aliphatic imine (C=N–C) groups is 1. The number of amidine groups is 1. The number of nitrogens with one attached hydrogen (secondary N) is 1. The van der Waals surface area contributed by atoms with Gasteiger partial charge in [-0.2, -0.15) is 0 Å². The Morgan fingerprint density at radius 3 is 3.07 bits per heavy atom. The maximum atomic E-state index is 4.37. The van der Waals surface area contributed by atoms with Crippen LogP contribution in [0.4, 0.5) is 0 Å². The van der Waals surface area contributed by atoms with Gasteiger partial charge >= 0.3 is 0 Å². The van der Waals surface area contributed by atoms with Crippen molar-refractivity contribution >= 4 is 33.1 Å². The number of thiophene rings is 1. The molecule has 0 amide bonds. The lowest BCUT2D eigenvalue weighted by Gasteiger charge is -2.03. The zero-order valence-electron chi connectivity index (χ0n) is 7.92. The van der Waals surface area contributed by atoms with E-state index >= 15 is 0 Å². The first-order valence-corrected chi connectivity index (χ1v) is 6.47. The molecule has 1 aromatic rings. The third-order valence-electron chi connectivity index (χ3n) is 2.20. The summed E-state index contributed by atoms with van der Waals surface area (Å²) in [5.41, 5.74) is 0. The largest absolute Gasteiger partial charge is 0.373 e. The second kappa shape index (κ2) is 4.94. The molecule has 76 valence electrons. The minimum absolute atomic E-state index is 1.01. The quantitative estimate of drug-likeness (QED) is 0.899. The summed E-state index contributed by atoms with van der Waals surface area (Å²) < 4.78 is 1.21. The van der Waals surface area contributed by atoms with Crippen molar-refractivity contribution in [2.75, 3.05) is 13.1 Å². The van der Waals surface area contributed by atoms with Crippen LogP contribution in [0.2, 0.25) is 0 Å². The molecule has 2 heterocycles. The SMILES string of the molecule is Brc1ccc(CCNC2=NCCC2)s1. The van der Waals surface area contributed by atoms with Crippen molar-refractivity contribution in [3.8, 4) is 0 Å². The van der Waals surface area contributed by atoms with Crippen LogP contribution in [0.5, 0.6) is 0 Å². The van der Waals surface area contributed by atoms with Gasteiger partial charge in [-0.05, 0) is 40.9 Å². The highest BCUT2D eigenvalue weighted by atomic mass is 79.9. The van der Waals surface area contributed by atoms with E-state index in [2.05, 4.69) is 38.4 Å². The summed E-state index contributed by atoms with van der Waals surface area (Å²) in [6.07, 6.45) is 3.44. The average molecular weight is 273 g/mol. The topological polar surface area (TPSA) is 24.4 Å². The molecule has 0 radical (unpaired) electrons. The standard InChI is InChI=1S/C10H13BrN2S/c11-9-4-3-8(14-9)5-7-13-10-2-1-6-12-10/h3-4H,1-2,5-7H2,(H,12,13). The molecule has 4 heteroatoms. The number of halogens is 1. The van der Waals surface area contributed by atoms with Crippen molar-refractivity contribution in [2.45, 2.75) is 19.3 Å². The lowest BCUT2D eigenvalue weighted by molar-refractivity contribution is 0.861. The van der Waals surface area contributed by atoms with Crippen molar-refractivity contribution in [1.82, 2.24) is 5.32 Å². The van der Waals surface area contributed by atoms with E-state index in [4.69, 9.17) is 0 Å².